The first-order chi connectivity index (χ1) is 13.4. The molecule has 0 aromatic heterocycles. The molecule has 1 aliphatic heterocycles. The zero-order chi connectivity index (χ0) is 20.0. The molecule has 0 saturated carbocycles. The van der Waals surface area contributed by atoms with E-state index in [0.717, 1.165) is 4.90 Å². The standard InChI is InChI=1S/C20H9Br4NO3/c21-15-13-14(16(22)18(24)17(15)23)20(27)25(19(13)26)10-6-8-12(9-7-10)28-11-4-2-1-3-5-11/h1-9H. The second-order valence-corrected chi connectivity index (χ2v) is 9.03. The van der Waals surface area contributed by atoms with Gasteiger partial charge in [-0.25, -0.2) is 4.90 Å². The van der Waals surface area contributed by atoms with Gasteiger partial charge in [0.1, 0.15) is 11.5 Å². The highest BCUT2D eigenvalue weighted by molar-refractivity contribution is 9.15. The van der Waals surface area contributed by atoms with E-state index in [1.54, 1.807) is 24.3 Å². The summed E-state index contributed by atoms with van der Waals surface area (Å²) in [6.07, 6.45) is 0. The van der Waals surface area contributed by atoms with Gasteiger partial charge in [0.25, 0.3) is 11.8 Å². The summed E-state index contributed by atoms with van der Waals surface area (Å²) in [6.45, 7) is 0. The van der Waals surface area contributed by atoms with Crippen molar-refractivity contribution in [3.8, 4) is 11.5 Å². The van der Waals surface area contributed by atoms with E-state index in [2.05, 4.69) is 63.7 Å². The molecule has 0 saturated heterocycles. The number of ether oxygens (including phenoxy) is 1. The Kier molecular flexibility index (Phi) is 5.48. The van der Waals surface area contributed by atoms with Gasteiger partial charge in [0, 0.05) is 17.9 Å². The summed E-state index contributed by atoms with van der Waals surface area (Å²) in [5.74, 6) is 0.535. The third kappa shape index (κ3) is 3.26. The van der Waals surface area contributed by atoms with Crippen LogP contribution in [0.2, 0.25) is 0 Å². The summed E-state index contributed by atoms with van der Waals surface area (Å²) in [7, 11) is 0. The van der Waals surface area contributed by atoms with E-state index in [0.29, 0.717) is 46.2 Å². The average Bonchev–Trinajstić information content (AvgIpc) is 2.97. The number of carbonyl (C=O) groups is 2. The van der Waals surface area contributed by atoms with Crippen molar-refractivity contribution in [3.63, 3.8) is 0 Å². The third-order valence-corrected chi connectivity index (χ3v) is 8.94. The molecule has 0 radical (unpaired) electrons. The maximum atomic E-state index is 13.0. The molecule has 28 heavy (non-hydrogen) atoms. The number of para-hydroxylation sites is 1. The topological polar surface area (TPSA) is 46.6 Å². The Morgan fingerprint density at radius 1 is 0.607 bits per heavy atom. The molecule has 8 heteroatoms. The van der Waals surface area contributed by atoms with Gasteiger partial charge in [0.15, 0.2) is 0 Å². The zero-order valence-electron chi connectivity index (χ0n) is 13.9. The molecule has 0 aliphatic carbocycles. The first-order valence-electron chi connectivity index (χ1n) is 7.98. The van der Waals surface area contributed by atoms with Gasteiger partial charge in [0.05, 0.1) is 16.8 Å². The first kappa shape index (κ1) is 19.8. The van der Waals surface area contributed by atoms with Crippen LogP contribution in [-0.2, 0) is 0 Å². The maximum absolute atomic E-state index is 13.0. The normalized spacial score (nSPS) is 13.1. The van der Waals surface area contributed by atoms with Gasteiger partial charge in [-0.05, 0) is 100 Å². The predicted molar refractivity (Wildman–Crippen MR) is 121 cm³/mol. The number of rotatable bonds is 3. The van der Waals surface area contributed by atoms with Gasteiger partial charge in [-0.15, -0.1) is 0 Å². The number of hydrogen-bond donors (Lipinski definition) is 0. The molecule has 140 valence electrons. The fourth-order valence-electron chi connectivity index (χ4n) is 2.87. The molecule has 0 fully saturated rings. The van der Waals surface area contributed by atoms with Crippen LogP contribution in [0.5, 0.6) is 11.5 Å². The van der Waals surface area contributed by atoms with Crippen molar-refractivity contribution in [3.05, 3.63) is 83.6 Å². The first-order valence-corrected chi connectivity index (χ1v) is 11.1. The lowest BCUT2D eigenvalue weighted by Gasteiger charge is -2.14. The van der Waals surface area contributed by atoms with E-state index in [4.69, 9.17) is 4.74 Å². The van der Waals surface area contributed by atoms with Crippen molar-refractivity contribution in [2.75, 3.05) is 4.90 Å². The second kappa shape index (κ2) is 7.74. The number of halogens is 4. The minimum Gasteiger partial charge on any atom is -0.457 e. The molecule has 1 aliphatic rings. The van der Waals surface area contributed by atoms with Gasteiger partial charge < -0.3 is 4.74 Å². The highest BCUT2D eigenvalue weighted by Crippen LogP contribution is 2.46. The molecular weight excluding hydrogens is 622 g/mol. The summed E-state index contributed by atoms with van der Waals surface area (Å²) in [6, 6.07) is 16.2. The van der Waals surface area contributed by atoms with Gasteiger partial charge in [-0.1, -0.05) is 18.2 Å². The molecule has 0 N–H and O–H groups in total. The number of anilines is 1. The van der Waals surface area contributed by atoms with Gasteiger partial charge in [0.2, 0.25) is 0 Å². The molecule has 0 bridgehead atoms. The lowest BCUT2D eigenvalue weighted by atomic mass is 10.1. The van der Waals surface area contributed by atoms with Crippen molar-refractivity contribution in [2.45, 2.75) is 0 Å². The second-order valence-electron chi connectivity index (χ2n) is 5.86. The Labute approximate surface area is 194 Å². The van der Waals surface area contributed by atoms with Crippen molar-refractivity contribution in [1.29, 1.82) is 0 Å². The third-order valence-electron chi connectivity index (χ3n) is 4.17. The van der Waals surface area contributed by atoms with Crippen molar-refractivity contribution in [2.24, 2.45) is 0 Å². The number of amides is 2. The lowest BCUT2D eigenvalue weighted by Crippen LogP contribution is -2.29. The zero-order valence-corrected chi connectivity index (χ0v) is 20.2. The van der Waals surface area contributed by atoms with Crippen LogP contribution in [0, 0.1) is 0 Å². The Morgan fingerprint density at radius 2 is 1.07 bits per heavy atom. The SMILES string of the molecule is O=C1c2c(Br)c(Br)c(Br)c(Br)c2C(=O)N1c1ccc(Oc2ccccc2)cc1. The molecule has 0 spiro atoms. The largest absolute Gasteiger partial charge is 0.457 e. The molecule has 3 aromatic carbocycles. The summed E-state index contributed by atoms with van der Waals surface area (Å²) in [5, 5.41) is 0. The van der Waals surface area contributed by atoms with E-state index in [1.807, 2.05) is 30.3 Å². The minimum atomic E-state index is -0.391. The molecular formula is C20H9Br4NO3. The van der Waals surface area contributed by atoms with Crippen LogP contribution in [0.25, 0.3) is 0 Å². The molecule has 3 aromatic rings. The van der Waals surface area contributed by atoms with Crippen molar-refractivity contribution in [1.82, 2.24) is 0 Å². The highest BCUT2D eigenvalue weighted by Gasteiger charge is 2.41. The van der Waals surface area contributed by atoms with Gasteiger partial charge in [-0.3, -0.25) is 9.59 Å². The summed E-state index contributed by atoms with van der Waals surface area (Å²) < 4.78 is 8.15. The summed E-state index contributed by atoms with van der Waals surface area (Å²) in [4.78, 5) is 27.2. The fourth-order valence-corrected chi connectivity index (χ4v) is 5.33. The van der Waals surface area contributed by atoms with Crippen molar-refractivity contribution < 1.29 is 14.3 Å². The van der Waals surface area contributed by atoms with Crippen LogP contribution in [0.3, 0.4) is 0 Å². The van der Waals surface area contributed by atoms with Crippen LogP contribution < -0.4 is 9.64 Å². The van der Waals surface area contributed by atoms with Crippen LogP contribution in [0.4, 0.5) is 5.69 Å². The van der Waals surface area contributed by atoms with Gasteiger partial charge in [-0.2, -0.15) is 0 Å². The van der Waals surface area contributed by atoms with E-state index >= 15 is 0 Å². The molecule has 2 amide bonds. The van der Waals surface area contributed by atoms with Crippen LogP contribution in [0.15, 0.2) is 72.5 Å². The number of hydrogen-bond acceptors (Lipinski definition) is 3. The van der Waals surface area contributed by atoms with Crippen LogP contribution >= 0.6 is 63.7 Å². The molecule has 0 atom stereocenters. The van der Waals surface area contributed by atoms with Crippen LogP contribution in [-0.4, -0.2) is 11.8 Å². The average molecular weight is 631 g/mol. The van der Waals surface area contributed by atoms with Crippen LogP contribution in [0.1, 0.15) is 20.7 Å². The van der Waals surface area contributed by atoms with Crippen molar-refractivity contribution >= 4 is 81.2 Å². The number of imide groups is 1. The Balaban J connectivity index is 1.69. The monoisotopic (exact) mass is 627 g/mol. The maximum Gasteiger partial charge on any atom is 0.267 e. The molecule has 0 unspecified atom stereocenters. The smallest absolute Gasteiger partial charge is 0.267 e. The predicted octanol–water partition coefficient (Wildman–Crippen LogP) is 7.33. The van der Waals surface area contributed by atoms with E-state index < -0.39 is 11.8 Å². The quantitative estimate of drug-likeness (QED) is 0.173. The molecule has 4 rings (SSSR count). The lowest BCUT2D eigenvalue weighted by molar-refractivity contribution is 0.0925. The Morgan fingerprint density at radius 3 is 1.57 bits per heavy atom. The summed E-state index contributed by atoms with van der Waals surface area (Å²) >= 11 is 13.7. The van der Waals surface area contributed by atoms with Gasteiger partial charge >= 0.3 is 0 Å². The summed E-state index contributed by atoms with van der Waals surface area (Å²) in [5.41, 5.74) is 1.10. The molecule has 4 nitrogen and oxygen atoms in total. The minimum absolute atomic E-state index is 0.316. The highest BCUT2D eigenvalue weighted by atomic mass is 79.9. The number of fused-ring (bicyclic) bond motifs is 1. The fraction of sp³-hybridized carbons (Fsp3) is 0. The van der Waals surface area contributed by atoms with E-state index in [9.17, 15) is 9.59 Å². The number of benzene rings is 3. The molecule has 1 heterocycles. The van der Waals surface area contributed by atoms with E-state index in [-0.39, 0.29) is 0 Å². The number of nitrogens with zero attached hydrogens (tertiary/aromatic N) is 1. The Hall–Kier alpha value is -1.48. The Bertz CT molecular complexity index is 1070. The van der Waals surface area contributed by atoms with E-state index in [1.165, 1.54) is 0 Å². The number of carbonyl (C=O) groups excluding carboxylic acids is 2.